The topological polar surface area (TPSA) is 85.5 Å². The Balaban J connectivity index is 2.13. The summed E-state index contributed by atoms with van der Waals surface area (Å²) in [6.45, 7) is 1.80. The monoisotopic (exact) mass is 285 g/mol. The molecule has 0 spiro atoms. The normalized spacial score (nSPS) is 20.6. The van der Waals surface area contributed by atoms with Gasteiger partial charge in [0.25, 0.3) is 10.0 Å². The van der Waals surface area contributed by atoms with Gasteiger partial charge in [0.15, 0.2) is 5.03 Å². The predicted molar refractivity (Wildman–Crippen MR) is 72.0 cm³/mol. The van der Waals surface area contributed by atoms with Crippen LogP contribution in [0.2, 0.25) is 0 Å². The van der Waals surface area contributed by atoms with Gasteiger partial charge in [-0.25, -0.2) is 13.4 Å². The molecule has 1 aromatic rings. The minimum atomic E-state index is -3.63. The van der Waals surface area contributed by atoms with Crippen molar-refractivity contribution in [3.8, 4) is 0 Å². The molecule has 0 aliphatic carbocycles. The average Bonchev–Trinajstić information content (AvgIpc) is 2.40. The summed E-state index contributed by atoms with van der Waals surface area (Å²) in [5.74, 6) is 0.235. The highest BCUT2D eigenvalue weighted by atomic mass is 32.2. The van der Waals surface area contributed by atoms with Gasteiger partial charge in [0.1, 0.15) is 0 Å². The van der Waals surface area contributed by atoms with Crippen molar-refractivity contribution in [2.75, 3.05) is 32.5 Å². The fourth-order valence-corrected chi connectivity index (χ4v) is 3.44. The molecule has 106 valence electrons. The quantitative estimate of drug-likeness (QED) is 0.880. The third kappa shape index (κ3) is 3.23. The Morgan fingerprint density at radius 3 is 3.00 bits per heavy atom. The molecule has 0 aromatic carbocycles. The fraction of sp³-hybridized carbons (Fsp3) is 0.583. The maximum Gasteiger partial charge on any atom is 0.262 e. The number of nitrogens with two attached hydrogens (primary N) is 1. The van der Waals surface area contributed by atoms with Crippen LogP contribution in [0, 0.1) is 5.92 Å². The van der Waals surface area contributed by atoms with Crippen molar-refractivity contribution >= 4 is 15.7 Å². The molecule has 1 fully saturated rings. The van der Waals surface area contributed by atoms with E-state index in [1.165, 1.54) is 16.6 Å². The van der Waals surface area contributed by atoms with Gasteiger partial charge in [-0.05, 0) is 30.9 Å². The van der Waals surface area contributed by atoms with Gasteiger partial charge >= 0.3 is 0 Å². The summed E-state index contributed by atoms with van der Waals surface area (Å²) >= 11 is 0. The number of anilines is 1. The van der Waals surface area contributed by atoms with Crippen molar-refractivity contribution in [1.29, 1.82) is 0 Å². The lowest BCUT2D eigenvalue weighted by Crippen LogP contribution is -2.35. The van der Waals surface area contributed by atoms with Gasteiger partial charge in [-0.1, -0.05) is 0 Å². The first-order valence-corrected chi connectivity index (χ1v) is 7.70. The average molecular weight is 285 g/mol. The molecule has 1 aliphatic rings. The van der Waals surface area contributed by atoms with Crippen LogP contribution in [-0.4, -0.2) is 44.5 Å². The van der Waals surface area contributed by atoms with Crippen LogP contribution in [0.25, 0.3) is 0 Å². The van der Waals surface area contributed by atoms with Gasteiger partial charge in [0.2, 0.25) is 0 Å². The van der Waals surface area contributed by atoms with Crippen LogP contribution in [0.4, 0.5) is 5.69 Å². The predicted octanol–water partition coefficient (Wildman–Crippen LogP) is 0.711. The number of hydrogen-bond donors (Lipinski definition) is 1. The second-order valence-corrected chi connectivity index (χ2v) is 6.73. The van der Waals surface area contributed by atoms with Crippen LogP contribution in [0.1, 0.15) is 12.8 Å². The Bertz CT molecular complexity index is 527. The van der Waals surface area contributed by atoms with E-state index in [-0.39, 0.29) is 16.6 Å². The zero-order valence-electron chi connectivity index (χ0n) is 10.9. The molecule has 1 aliphatic heterocycles. The van der Waals surface area contributed by atoms with Gasteiger partial charge in [-0.2, -0.15) is 4.31 Å². The highest BCUT2D eigenvalue weighted by Crippen LogP contribution is 2.21. The minimum Gasteiger partial charge on any atom is -0.396 e. The van der Waals surface area contributed by atoms with Gasteiger partial charge < -0.3 is 10.5 Å². The summed E-state index contributed by atoms with van der Waals surface area (Å²) in [6.07, 6.45) is 3.39. The largest absolute Gasteiger partial charge is 0.396 e. The van der Waals surface area contributed by atoms with E-state index in [0.717, 1.165) is 19.4 Å². The fourth-order valence-electron chi connectivity index (χ4n) is 2.18. The highest BCUT2D eigenvalue weighted by molar-refractivity contribution is 7.89. The lowest BCUT2D eigenvalue weighted by molar-refractivity contribution is 0.0495. The SMILES string of the molecule is CN(CC1CCCOC1)S(=O)(=O)c1ncccc1N. The molecule has 0 radical (unpaired) electrons. The van der Waals surface area contributed by atoms with Gasteiger partial charge in [-0.3, -0.25) is 0 Å². The van der Waals surface area contributed by atoms with E-state index in [1.54, 1.807) is 13.1 Å². The number of nitrogens with zero attached hydrogens (tertiary/aromatic N) is 2. The maximum absolute atomic E-state index is 12.4. The summed E-state index contributed by atoms with van der Waals surface area (Å²) in [4.78, 5) is 3.88. The lowest BCUT2D eigenvalue weighted by atomic mass is 10.0. The van der Waals surface area contributed by atoms with Crippen molar-refractivity contribution < 1.29 is 13.2 Å². The minimum absolute atomic E-state index is 0.0748. The Labute approximate surface area is 113 Å². The molecule has 7 heteroatoms. The van der Waals surface area contributed by atoms with Crippen molar-refractivity contribution in [2.45, 2.75) is 17.9 Å². The van der Waals surface area contributed by atoms with Crippen molar-refractivity contribution in [2.24, 2.45) is 5.92 Å². The second-order valence-electron chi connectivity index (χ2n) is 4.77. The molecule has 1 aromatic heterocycles. The molecule has 0 bridgehead atoms. The van der Waals surface area contributed by atoms with Crippen LogP contribution in [0.15, 0.2) is 23.4 Å². The summed E-state index contributed by atoms with van der Waals surface area (Å²) in [5, 5.41) is -0.0748. The zero-order chi connectivity index (χ0) is 13.9. The van der Waals surface area contributed by atoms with Crippen molar-refractivity contribution in [3.05, 3.63) is 18.3 Å². The van der Waals surface area contributed by atoms with Crippen LogP contribution < -0.4 is 5.73 Å². The molecule has 1 saturated heterocycles. The third-order valence-corrected chi connectivity index (χ3v) is 5.02. The number of nitrogen functional groups attached to an aromatic ring is 1. The van der Waals surface area contributed by atoms with Crippen molar-refractivity contribution in [3.63, 3.8) is 0 Å². The van der Waals surface area contributed by atoms with Crippen molar-refractivity contribution in [1.82, 2.24) is 9.29 Å². The summed E-state index contributed by atoms with van der Waals surface area (Å²) in [6, 6.07) is 3.15. The molecule has 0 saturated carbocycles. The van der Waals surface area contributed by atoms with E-state index < -0.39 is 10.0 Å². The zero-order valence-corrected chi connectivity index (χ0v) is 11.8. The van der Waals surface area contributed by atoms with E-state index in [2.05, 4.69) is 4.98 Å². The Kier molecular flexibility index (Phi) is 4.38. The Morgan fingerprint density at radius 1 is 1.58 bits per heavy atom. The van der Waals surface area contributed by atoms with E-state index >= 15 is 0 Å². The number of rotatable bonds is 4. The number of ether oxygens (including phenoxy) is 1. The van der Waals surface area contributed by atoms with Crippen LogP contribution in [0.5, 0.6) is 0 Å². The van der Waals surface area contributed by atoms with Gasteiger partial charge in [0.05, 0.1) is 12.3 Å². The molecular formula is C12H19N3O3S. The van der Waals surface area contributed by atoms with E-state index in [1.807, 2.05) is 0 Å². The first kappa shape index (κ1) is 14.2. The first-order valence-electron chi connectivity index (χ1n) is 6.26. The molecule has 1 unspecified atom stereocenters. The van der Waals surface area contributed by atoms with E-state index in [0.29, 0.717) is 13.2 Å². The highest BCUT2D eigenvalue weighted by Gasteiger charge is 2.27. The lowest BCUT2D eigenvalue weighted by Gasteiger charge is -2.26. The molecule has 2 heterocycles. The Hall–Kier alpha value is -1.18. The molecule has 6 nitrogen and oxygen atoms in total. The van der Waals surface area contributed by atoms with E-state index in [4.69, 9.17) is 10.5 Å². The second kappa shape index (κ2) is 5.85. The van der Waals surface area contributed by atoms with Gasteiger partial charge in [0, 0.05) is 26.4 Å². The summed E-state index contributed by atoms with van der Waals surface area (Å²) in [7, 11) is -2.07. The molecule has 2 N–H and O–H groups in total. The van der Waals surface area contributed by atoms with E-state index in [9.17, 15) is 8.42 Å². The summed E-state index contributed by atoms with van der Waals surface area (Å²) < 4.78 is 31.4. The van der Waals surface area contributed by atoms with Crippen LogP contribution in [-0.2, 0) is 14.8 Å². The molecule has 2 rings (SSSR count). The first-order chi connectivity index (χ1) is 9.01. The Morgan fingerprint density at radius 2 is 2.37 bits per heavy atom. The number of sulfonamides is 1. The third-order valence-electron chi connectivity index (χ3n) is 3.23. The molecular weight excluding hydrogens is 266 g/mol. The van der Waals surface area contributed by atoms with Crippen LogP contribution in [0.3, 0.4) is 0 Å². The summed E-state index contributed by atoms with van der Waals surface area (Å²) in [5.41, 5.74) is 5.86. The standard InChI is InChI=1S/C12H19N3O3S/c1-15(8-10-4-3-7-18-9-10)19(16,17)12-11(13)5-2-6-14-12/h2,5-6,10H,3-4,7-9,13H2,1H3. The maximum atomic E-state index is 12.4. The molecule has 1 atom stereocenters. The van der Waals surface area contributed by atoms with Crippen LogP contribution >= 0.6 is 0 Å². The van der Waals surface area contributed by atoms with Gasteiger partial charge in [-0.15, -0.1) is 0 Å². The number of hydrogen-bond acceptors (Lipinski definition) is 5. The molecule has 19 heavy (non-hydrogen) atoms. The number of pyridine rings is 1. The number of aromatic nitrogens is 1. The molecule has 0 amide bonds. The smallest absolute Gasteiger partial charge is 0.262 e.